The molecule has 0 saturated heterocycles. The summed E-state index contributed by atoms with van der Waals surface area (Å²) in [6.07, 6.45) is 0. The number of ether oxygens (including phenoxy) is 1. The number of hydrogen-bond donors (Lipinski definition) is 1. The van der Waals surface area contributed by atoms with E-state index in [-0.39, 0.29) is 11.5 Å². The summed E-state index contributed by atoms with van der Waals surface area (Å²) in [5.41, 5.74) is 9.67. The maximum Gasteiger partial charge on any atom is 0.146 e. The minimum atomic E-state index is -0.386. The summed E-state index contributed by atoms with van der Waals surface area (Å²) in [6, 6.07) is 20.9. The number of hydrogen-bond acceptors (Lipinski definition) is 2. The van der Waals surface area contributed by atoms with E-state index in [1.807, 2.05) is 61.5 Å². The second-order valence-electron chi connectivity index (χ2n) is 5.49. The minimum Gasteiger partial charge on any atom is -0.489 e. The van der Waals surface area contributed by atoms with Crippen molar-refractivity contribution in [2.24, 2.45) is 0 Å². The molecule has 0 aliphatic heterocycles. The van der Waals surface area contributed by atoms with Crippen molar-refractivity contribution < 1.29 is 9.13 Å². The first kappa shape index (κ1) is 15.1. The number of aryl methyl sites for hydroxylation is 1. The van der Waals surface area contributed by atoms with Crippen molar-refractivity contribution in [1.82, 2.24) is 0 Å². The van der Waals surface area contributed by atoms with Crippen molar-refractivity contribution >= 4 is 5.69 Å². The minimum absolute atomic E-state index is 0.154. The zero-order chi connectivity index (χ0) is 16.2. The third kappa shape index (κ3) is 3.51. The Hall–Kier alpha value is -2.81. The Balaban J connectivity index is 1.84. The van der Waals surface area contributed by atoms with Crippen LogP contribution in [0.3, 0.4) is 0 Å². The van der Waals surface area contributed by atoms with E-state index in [0.29, 0.717) is 6.61 Å². The van der Waals surface area contributed by atoms with Gasteiger partial charge in [0.15, 0.2) is 0 Å². The molecular formula is C20H18FNO. The van der Waals surface area contributed by atoms with E-state index in [0.717, 1.165) is 28.0 Å². The molecule has 3 aromatic rings. The SMILES string of the molecule is Cc1cc(F)c(N)cc1-c1cccc(OCc2ccccc2)c1. The fourth-order valence-electron chi connectivity index (χ4n) is 2.49. The summed E-state index contributed by atoms with van der Waals surface area (Å²) in [5, 5.41) is 0. The predicted molar refractivity (Wildman–Crippen MR) is 91.8 cm³/mol. The largest absolute Gasteiger partial charge is 0.489 e. The first-order chi connectivity index (χ1) is 11.1. The third-order valence-electron chi connectivity index (χ3n) is 3.74. The highest BCUT2D eigenvalue weighted by Crippen LogP contribution is 2.30. The first-order valence-electron chi connectivity index (χ1n) is 7.46. The van der Waals surface area contributed by atoms with Crippen molar-refractivity contribution in [3.8, 4) is 16.9 Å². The lowest BCUT2D eigenvalue weighted by molar-refractivity contribution is 0.306. The Morgan fingerprint density at radius 3 is 2.52 bits per heavy atom. The summed E-state index contributed by atoms with van der Waals surface area (Å²) in [4.78, 5) is 0. The lowest BCUT2D eigenvalue weighted by atomic mass is 9.99. The maximum atomic E-state index is 13.5. The highest BCUT2D eigenvalue weighted by molar-refractivity contribution is 5.72. The number of anilines is 1. The van der Waals surface area contributed by atoms with Crippen LogP contribution < -0.4 is 10.5 Å². The summed E-state index contributed by atoms with van der Waals surface area (Å²) in [5.74, 6) is 0.386. The van der Waals surface area contributed by atoms with Crippen LogP contribution in [0.15, 0.2) is 66.7 Å². The molecule has 0 atom stereocenters. The molecule has 0 spiro atoms. The summed E-state index contributed by atoms with van der Waals surface area (Å²) >= 11 is 0. The number of nitrogens with two attached hydrogens (primary N) is 1. The number of benzene rings is 3. The fraction of sp³-hybridized carbons (Fsp3) is 0.100. The number of halogens is 1. The average Bonchev–Trinajstić information content (AvgIpc) is 2.57. The van der Waals surface area contributed by atoms with Crippen LogP contribution in [0.1, 0.15) is 11.1 Å². The van der Waals surface area contributed by atoms with E-state index in [1.54, 1.807) is 6.07 Å². The van der Waals surface area contributed by atoms with Gasteiger partial charge in [0.2, 0.25) is 0 Å². The van der Waals surface area contributed by atoms with Crippen molar-refractivity contribution in [3.05, 3.63) is 83.7 Å². The van der Waals surface area contributed by atoms with Gasteiger partial charge >= 0.3 is 0 Å². The molecule has 3 rings (SSSR count). The summed E-state index contributed by atoms with van der Waals surface area (Å²) in [7, 11) is 0. The van der Waals surface area contributed by atoms with Gasteiger partial charge in [-0.2, -0.15) is 0 Å². The lowest BCUT2D eigenvalue weighted by Gasteiger charge is -2.11. The van der Waals surface area contributed by atoms with E-state index in [1.165, 1.54) is 6.07 Å². The normalized spacial score (nSPS) is 10.5. The second kappa shape index (κ2) is 6.53. The van der Waals surface area contributed by atoms with Gasteiger partial charge in [-0.3, -0.25) is 0 Å². The van der Waals surface area contributed by atoms with Gasteiger partial charge < -0.3 is 10.5 Å². The molecule has 0 fully saturated rings. The Morgan fingerprint density at radius 2 is 1.74 bits per heavy atom. The van der Waals surface area contributed by atoms with Crippen molar-refractivity contribution in [2.45, 2.75) is 13.5 Å². The van der Waals surface area contributed by atoms with Crippen LogP contribution in [0.25, 0.3) is 11.1 Å². The van der Waals surface area contributed by atoms with Crippen LogP contribution in [-0.2, 0) is 6.61 Å². The molecule has 3 aromatic carbocycles. The van der Waals surface area contributed by atoms with E-state index in [4.69, 9.17) is 10.5 Å². The molecule has 0 bridgehead atoms. The molecular weight excluding hydrogens is 289 g/mol. The molecule has 2 nitrogen and oxygen atoms in total. The Bertz CT molecular complexity index is 815. The molecule has 0 heterocycles. The monoisotopic (exact) mass is 307 g/mol. The molecule has 0 radical (unpaired) electrons. The molecule has 2 N–H and O–H groups in total. The Labute approximate surface area is 135 Å². The smallest absolute Gasteiger partial charge is 0.146 e. The van der Waals surface area contributed by atoms with Crippen LogP contribution in [0.5, 0.6) is 5.75 Å². The van der Waals surface area contributed by atoms with Gasteiger partial charge in [0.25, 0.3) is 0 Å². The lowest BCUT2D eigenvalue weighted by Crippen LogP contribution is -1.96. The zero-order valence-corrected chi connectivity index (χ0v) is 12.9. The fourth-order valence-corrected chi connectivity index (χ4v) is 2.49. The van der Waals surface area contributed by atoms with Gasteiger partial charge in [0.05, 0.1) is 5.69 Å². The van der Waals surface area contributed by atoms with Gasteiger partial charge in [-0.05, 0) is 53.4 Å². The van der Waals surface area contributed by atoms with E-state index in [9.17, 15) is 4.39 Å². The Kier molecular flexibility index (Phi) is 4.29. The topological polar surface area (TPSA) is 35.2 Å². The van der Waals surface area contributed by atoms with Crippen LogP contribution in [0.2, 0.25) is 0 Å². The molecule has 3 heteroatoms. The van der Waals surface area contributed by atoms with Crippen LogP contribution in [0.4, 0.5) is 10.1 Å². The first-order valence-corrected chi connectivity index (χ1v) is 7.46. The number of nitrogen functional groups attached to an aromatic ring is 1. The molecule has 0 aliphatic rings. The van der Waals surface area contributed by atoms with Gasteiger partial charge in [0, 0.05) is 0 Å². The molecule has 0 aromatic heterocycles. The second-order valence-corrected chi connectivity index (χ2v) is 5.49. The average molecular weight is 307 g/mol. The summed E-state index contributed by atoms with van der Waals surface area (Å²) in [6.45, 7) is 2.38. The van der Waals surface area contributed by atoms with E-state index >= 15 is 0 Å². The Morgan fingerprint density at radius 1 is 0.957 bits per heavy atom. The van der Waals surface area contributed by atoms with Gasteiger partial charge in [-0.1, -0.05) is 42.5 Å². The molecule has 0 unspecified atom stereocenters. The predicted octanol–water partition coefficient (Wildman–Crippen LogP) is 4.96. The van der Waals surface area contributed by atoms with Crippen LogP contribution in [-0.4, -0.2) is 0 Å². The quantitative estimate of drug-likeness (QED) is 0.691. The standard InChI is InChI=1S/C20H18FNO/c1-14-10-19(21)20(22)12-18(14)16-8-5-9-17(11-16)23-13-15-6-3-2-4-7-15/h2-12H,13,22H2,1H3. The van der Waals surface area contributed by atoms with Crippen molar-refractivity contribution in [2.75, 3.05) is 5.73 Å². The van der Waals surface area contributed by atoms with E-state index < -0.39 is 0 Å². The molecule has 23 heavy (non-hydrogen) atoms. The molecule has 0 saturated carbocycles. The molecule has 0 amide bonds. The van der Waals surface area contributed by atoms with Gasteiger partial charge in [-0.25, -0.2) is 4.39 Å². The van der Waals surface area contributed by atoms with E-state index in [2.05, 4.69) is 0 Å². The third-order valence-corrected chi connectivity index (χ3v) is 3.74. The zero-order valence-electron chi connectivity index (χ0n) is 12.9. The van der Waals surface area contributed by atoms with Crippen molar-refractivity contribution in [1.29, 1.82) is 0 Å². The highest BCUT2D eigenvalue weighted by atomic mass is 19.1. The molecule has 0 aliphatic carbocycles. The summed E-state index contributed by atoms with van der Waals surface area (Å²) < 4.78 is 19.4. The van der Waals surface area contributed by atoms with Gasteiger partial charge in [0.1, 0.15) is 18.2 Å². The van der Waals surface area contributed by atoms with Gasteiger partial charge in [-0.15, -0.1) is 0 Å². The number of rotatable bonds is 4. The van der Waals surface area contributed by atoms with Crippen LogP contribution >= 0.6 is 0 Å². The van der Waals surface area contributed by atoms with Crippen LogP contribution in [0, 0.1) is 12.7 Å². The van der Waals surface area contributed by atoms with Crippen molar-refractivity contribution in [3.63, 3.8) is 0 Å². The maximum absolute atomic E-state index is 13.5. The highest BCUT2D eigenvalue weighted by Gasteiger charge is 2.08. The molecule has 116 valence electrons.